The van der Waals surface area contributed by atoms with Crippen LogP contribution in [-0.2, 0) is 25.5 Å². The molecule has 34 heavy (non-hydrogen) atoms. The Hall–Kier alpha value is -3.32. The van der Waals surface area contributed by atoms with E-state index in [1.165, 1.54) is 6.92 Å². The molecule has 1 atom stereocenters. The number of hydrogen-bond donors (Lipinski definition) is 1. The molecule has 0 spiro atoms. The summed E-state index contributed by atoms with van der Waals surface area (Å²) in [6.07, 6.45) is -1.85. The lowest BCUT2D eigenvalue weighted by Gasteiger charge is -2.14. The van der Waals surface area contributed by atoms with Crippen molar-refractivity contribution in [1.29, 1.82) is 0 Å². The third kappa shape index (κ3) is 4.53. The average Bonchev–Trinajstić information content (AvgIpc) is 3.34. The van der Waals surface area contributed by atoms with Gasteiger partial charge in [-0.05, 0) is 24.6 Å². The number of amides is 1. The van der Waals surface area contributed by atoms with Gasteiger partial charge in [-0.3, -0.25) is 9.59 Å². The number of carbonyl (C=O) groups excluding carboxylic acids is 1. The molecule has 0 bridgehead atoms. The summed E-state index contributed by atoms with van der Waals surface area (Å²) < 4.78 is 70.8. The zero-order valence-corrected chi connectivity index (χ0v) is 18.6. The summed E-state index contributed by atoms with van der Waals surface area (Å²) in [5.74, 6) is -1.49. The van der Waals surface area contributed by atoms with E-state index in [1.807, 2.05) is 0 Å². The highest BCUT2D eigenvalue weighted by atomic mass is 32.2. The van der Waals surface area contributed by atoms with Crippen molar-refractivity contribution in [2.45, 2.75) is 24.4 Å². The molecule has 13 heteroatoms. The van der Waals surface area contributed by atoms with E-state index in [9.17, 15) is 31.2 Å². The number of fused-ring (bicyclic) bond motifs is 1. The van der Waals surface area contributed by atoms with Crippen LogP contribution in [0.15, 0.2) is 46.3 Å². The van der Waals surface area contributed by atoms with E-state index < -0.39 is 37.9 Å². The maximum Gasteiger partial charge on any atom is 0.416 e. The Balaban J connectivity index is 1.83. The van der Waals surface area contributed by atoms with E-state index in [1.54, 1.807) is 0 Å². The van der Waals surface area contributed by atoms with Crippen LogP contribution in [0, 0.1) is 5.92 Å². The Kier molecular flexibility index (Phi) is 6.16. The first-order valence-electron chi connectivity index (χ1n) is 10.2. The van der Waals surface area contributed by atoms with Crippen LogP contribution >= 0.6 is 0 Å². The third-order valence-corrected chi connectivity index (χ3v) is 7.16. The predicted molar refractivity (Wildman–Crippen MR) is 115 cm³/mol. The first-order valence-corrected chi connectivity index (χ1v) is 11.9. The molecule has 4 rings (SSSR count). The van der Waals surface area contributed by atoms with Crippen LogP contribution in [0.25, 0.3) is 16.6 Å². The van der Waals surface area contributed by atoms with Gasteiger partial charge in [0, 0.05) is 12.0 Å². The molecule has 1 aliphatic heterocycles. The number of pyridine rings is 1. The molecule has 3 aromatic rings. The van der Waals surface area contributed by atoms with Gasteiger partial charge in [0.2, 0.25) is 5.91 Å². The van der Waals surface area contributed by atoms with Gasteiger partial charge in [0.25, 0.3) is 5.56 Å². The molecular weight excluding hydrogens is 477 g/mol. The molecule has 2 aromatic heterocycles. The number of rotatable bonds is 5. The number of ether oxygens (including phenoxy) is 1. The third-order valence-electron chi connectivity index (χ3n) is 5.43. The highest BCUT2D eigenvalue weighted by Gasteiger charge is 2.31. The minimum atomic E-state index is -4.67. The fourth-order valence-electron chi connectivity index (χ4n) is 3.50. The second-order valence-electron chi connectivity index (χ2n) is 7.66. The van der Waals surface area contributed by atoms with Gasteiger partial charge in [0.1, 0.15) is 4.90 Å². The van der Waals surface area contributed by atoms with Gasteiger partial charge in [-0.2, -0.15) is 23.0 Å². The van der Waals surface area contributed by atoms with Crippen molar-refractivity contribution in [3.8, 4) is 5.82 Å². The van der Waals surface area contributed by atoms with E-state index in [0.717, 1.165) is 30.6 Å². The zero-order valence-electron chi connectivity index (χ0n) is 17.8. The van der Waals surface area contributed by atoms with Crippen molar-refractivity contribution in [3.63, 3.8) is 0 Å². The van der Waals surface area contributed by atoms with Gasteiger partial charge >= 0.3 is 6.18 Å². The molecular formula is C21H19F3N4O5S. The Morgan fingerprint density at radius 3 is 2.68 bits per heavy atom. The summed E-state index contributed by atoms with van der Waals surface area (Å²) in [6.45, 7) is 2.07. The molecule has 0 aliphatic carbocycles. The van der Waals surface area contributed by atoms with E-state index in [-0.39, 0.29) is 40.5 Å². The van der Waals surface area contributed by atoms with Gasteiger partial charge in [-0.15, -0.1) is 0 Å². The number of halogens is 3. The molecule has 1 aromatic carbocycles. The quantitative estimate of drug-likeness (QED) is 0.576. The summed E-state index contributed by atoms with van der Waals surface area (Å²) in [4.78, 5) is 29.1. The molecule has 9 nitrogen and oxygen atoms in total. The molecule has 0 radical (unpaired) electrons. The molecule has 1 N–H and O–H groups in total. The number of alkyl halides is 3. The summed E-state index contributed by atoms with van der Waals surface area (Å²) in [6, 6.07) is 3.77. The van der Waals surface area contributed by atoms with E-state index in [0.29, 0.717) is 23.8 Å². The number of hydrogen-bond acceptors (Lipinski definition) is 7. The largest absolute Gasteiger partial charge is 0.416 e. The van der Waals surface area contributed by atoms with E-state index >= 15 is 0 Å². The molecule has 3 heterocycles. The number of carbonyl (C=O) groups is 1. The first-order chi connectivity index (χ1) is 16.0. The van der Waals surface area contributed by atoms with Gasteiger partial charge < -0.3 is 10.1 Å². The predicted octanol–water partition coefficient (Wildman–Crippen LogP) is 2.57. The first kappa shape index (κ1) is 23.8. The molecule has 0 saturated carbocycles. The summed E-state index contributed by atoms with van der Waals surface area (Å²) in [7, 11) is -3.97. The number of sulfone groups is 1. The topological polar surface area (TPSA) is 120 Å². The fourth-order valence-corrected chi connectivity index (χ4v) is 4.54. The average molecular weight is 496 g/mol. The van der Waals surface area contributed by atoms with Crippen molar-refractivity contribution >= 4 is 32.2 Å². The van der Waals surface area contributed by atoms with Gasteiger partial charge in [0.15, 0.2) is 15.7 Å². The molecule has 1 unspecified atom stereocenters. The van der Waals surface area contributed by atoms with Crippen LogP contribution in [0.1, 0.15) is 18.9 Å². The maximum absolute atomic E-state index is 13.1. The molecule has 1 fully saturated rings. The van der Waals surface area contributed by atoms with Crippen LogP contribution in [0.3, 0.4) is 0 Å². The number of benzene rings is 1. The Morgan fingerprint density at radius 1 is 1.26 bits per heavy atom. The van der Waals surface area contributed by atoms with Gasteiger partial charge in [-0.25, -0.2) is 13.4 Å². The van der Waals surface area contributed by atoms with Crippen molar-refractivity contribution in [1.82, 2.24) is 14.8 Å². The summed E-state index contributed by atoms with van der Waals surface area (Å²) in [5, 5.41) is 6.36. The maximum atomic E-state index is 13.1. The number of aromatic nitrogens is 3. The van der Waals surface area contributed by atoms with Crippen LogP contribution in [-0.4, -0.2) is 48.1 Å². The van der Waals surface area contributed by atoms with E-state index in [2.05, 4.69) is 15.4 Å². The zero-order chi connectivity index (χ0) is 24.7. The number of nitrogens with zero attached hydrogens (tertiary/aromatic N) is 3. The lowest BCUT2D eigenvalue weighted by molar-refractivity contribution is -0.137. The minimum Gasteiger partial charge on any atom is -0.381 e. The monoisotopic (exact) mass is 496 g/mol. The fraction of sp³-hybridized carbons (Fsp3) is 0.333. The Labute approximate surface area is 191 Å². The van der Waals surface area contributed by atoms with Crippen molar-refractivity contribution < 1.29 is 31.1 Å². The van der Waals surface area contributed by atoms with Crippen molar-refractivity contribution in [3.05, 3.63) is 52.6 Å². The second kappa shape index (κ2) is 8.80. The van der Waals surface area contributed by atoms with Gasteiger partial charge in [0.05, 0.1) is 47.3 Å². The molecule has 180 valence electrons. The smallest absolute Gasteiger partial charge is 0.381 e. The SMILES string of the molecule is CCS(=O)(=O)c1cc(NC(=O)C2CCOC2)cnc1-n1ncc2ccc(C(F)(F)F)cc2c1=O. The lowest BCUT2D eigenvalue weighted by Crippen LogP contribution is -2.26. The molecule has 1 amide bonds. The highest BCUT2D eigenvalue weighted by molar-refractivity contribution is 7.91. The normalized spacial score (nSPS) is 16.6. The van der Waals surface area contributed by atoms with Crippen molar-refractivity contribution in [2.75, 3.05) is 24.3 Å². The van der Waals surface area contributed by atoms with Crippen LogP contribution in [0.5, 0.6) is 0 Å². The van der Waals surface area contributed by atoms with Crippen LogP contribution in [0.4, 0.5) is 18.9 Å². The number of anilines is 1. The standard InChI is InChI=1S/C21H19F3N4O5S/c1-2-34(31,32)17-8-15(27-19(29)13-5-6-33-11-13)10-25-18(17)28-20(30)16-7-14(21(22,23)24)4-3-12(16)9-26-28/h3-4,7-10,13H,2,5-6,11H2,1H3,(H,27,29). The highest BCUT2D eigenvalue weighted by Crippen LogP contribution is 2.31. The van der Waals surface area contributed by atoms with Crippen LogP contribution < -0.4 is 10.9 Å². The molecule has 1 aliphatic rings. The summed E-state index contributed by atoms with van der Waals surface area (Å²) >= 11 is 0. The van der Waals surface area contributed by atoms with Crippen molar-refractivity contribution in [2.24, 2.45) is 5.92 Å². The second-order valence-corrected chi connectivity index (χ2v) is 9.91. The Bertz CT molecular complexity index is 1430. The van der Waals surface area contributed by atoms with E-state index in [4.69, 9.17) is 4.74 Å². The number of nitrogens with one attached hydrogen (secondary N) is 1. The van der Waals surface area contributed by atoms with Crippen LogP contribution in [0.2, 0.25) is 0 Å². The lowest BCUT2D eigenvalue weighted by atomic mass is 10.1. The van der Waals surface area contributed by atoms with Gasteiger partial charge in [-0.1, -0.05) is 13.0 Å². The summed E-state index contributed by atoms with van der Waals surface area (Å²) in [5.41, 5.74) is -1.91. The minimum absolute atomic E-state index is 0.0841. The Morgan fingerprint density at radius 2 is 2.03 bits per heavy atom. The molecule has 1 saturated heterocycles.